The lowest BCUT2D eigenvalue weighted by atomic mass is 10.2. The van der Waals surface area contributed by atoms with Crippen LogP contribution in [-0.4, -0.2) is 19.1 Å². The van der Waals surface area contributed by atoms with Gasteiger partial charge in [0, 0.05) is 5.69 Å². The fraction of sp³-hybridized carbons (Fsp3) is 0.235. The van der Waals surface area contributed by atoms with E-state index in [0.717, 1.165) is 5.75 Å². The number of hydrogen-bond acceptors (Lipinski definition) is 3. The molecule has 2 aromatic rings. The van der Waals surface area contributed by atoms with Crippen molar-refractivity contribution in [1.29, 1.82) is 0 Å². The van der Waals surface area contributed by atoms with E-state index in [9.17, 15) is 9.18 Å². The molecule has 0 radical (unpaired) electrons. The Balaban J connectivity index is 2.00. The number of carbonyl (C=O) groups excluding carboxylic acids is 1. The van der Waals surface area contributed by atoms with E-state index in [4.69, 9.17) is 9.47 Å². The van der Waals surface area contributed by atoms with Crippen molar-refractivity contribution in [3.8, 4) is 11.5 Å². The van der Waals surface area contributed by atoms with Crippen LogP contribution in [0.1, 0.15) is 13.3 Å². The third-order valence-electron chi connectivity index (χ3n) is 3.11. The van der Waals surface area contributed by atoms with Crippen LogP contribution in [0.15, 0.2) is 48.5 Å². The highest BCUT2D eigenvalue weighted by Gasteiger charge is 2.18. The van der Waals surface area contributed by atoms with Gasteiger partial charge >= 0.3 is 0 Å². The molecule has 2 aromatic carbocycles. The van der Waals surface area contributed by atoms with Gasteiger partial charge in [-0.05, 0) is 55.0 Å². The van der Waals surface area contributed by atoms with Crippen LogP contribution in [0.5, 0.6) is 11.5 Å². The summed E-state index contributed by atoms with van der Waals surface area (Å²) in [5, 5.41) is 2.71. The summed E-state index contributed by atoms with van der Waals surface area (Å²) in [6.45, 7) is 1.86. The summed E-state index contributed by atoms with van der Waals surface area (Å²) < 4.78 is 23.6. The Morgan fingerprint density at radius 3 is 2.23 bits per heavy atom. The molecule has 0 spiro atoms. The van der Waals surface area contributed by atoms with Gasteiger partial charge in [-0.2, -0.15) is 0 Å². The van der Waals surface area contributed by atoms with Gasteiger partial charge in [0.2, 0.25) is 0 Å². The highest BCUT2D eigenvalue weighted by atomic mass is 19.1. The largest absolute Gasteiger partial charge is 0.497 e. The van der Waals surface area contributed by atoms with E-state index in [2.05, 4.69) is 5.32 Å². The van der Waals surface area contributed by atoms with E-state index in [1.54, 1.807) is 31.4 Å². The first-order valence-electron chi connectivity index (χ1n) is 6.99. The van der Waals surface area contributed by atoms with Crippen molar-refractivity contribution in [3.63, 3.8) is 0 Å². The van der Waals surface area contributed by atoms with E-state index in [0.29, 0.717) is 17.9 Å². The van der Waals surface area contributed by atoms with Crippen molar-refractivity contribution < 1.29 is 18.7 Å². The highest BCUT2D eigenvalue weighted by Crippen LogP contribution is 2.19. The summed E-state index contributed by atoms with van der Waals surface area (Å²) >= 11 is 0. The summed E-state index contributed by atoms with van der Waals surface area (Å²) in [4.78, 5) is 12.2. The quantitative estimate of drug-likeness (QED) is 0.886. The topological polar surface area (TPSA) is 47.6 Å². The van der Waals surface area contributed by atoms with Crippen molar-refractivity contribution in [1.82, 2.24) is 0 Å². The van der Waals surface area contributed by atoms with Crippen molar-refractivity contribution >= 4 is 11.6 Å². The van der Waals surface area contributed by atoms with Crippen LogP contribution in [0, 0.1) is 5.82 Å². The molecule has 0 fully saturated rings. The fourth-order valence-corrected chi connectivity index (χ4v) is 1.90. The number of nitrogens with one attached hydrogen (secondary N) is 1. The van der Waals surface area contributed by atoms with Crippen LogP contribution in [-0.2, 0) is 4.79 Å². The summed E-state index contributed by atoms with van der Waals surface area (Å²) in [5.41, 5.74) is 0.531. The Labute approximate surface area is 128 Å². The molecule has 22 heavy (non-hydrogen) atoms. The molecular formula is C17H18FNO3. The molecule has 0 aliphatic rings. The first-order valence-corrected chi connectivity index (χ1v) is 6.99. The standard InChI is InChI=1S/C17H18FNO3/c1-3-16(22-15-10-8-14(21-2)9-11-15)17(20)19-13-6-4-12(18)5-7-13/h4-11,16H,3H2,1-2H3,(H,19,20)/t16-/m0/s1. The van der Waals surface area contributed by atoms with Crippen molar-refractivity contribution in [2.75, 3.05) is 12.4 Å². The molecular weight excluding hydrogens is 285 g/mol. The molecule has 5 heteroatoms. The molecule has 1 N–H and O–H groups in total. The maximum atomic E-state index is 12.9. The summed E-state index contributed by atoms with van der Waals surface area (Å²) in [6, 6.07) is 12.6. The molecule has 0 aromatic heterocycles. The molecule has 2 rings (SSSR count). The van der Waals surface area contributed by atoms with Gasteiger partial charge in [0.1, 0.15) is 17.3 Å². The van der Waals surface area contributed by atoms with Gasteiger partial charge in [-0.15, -0.1) is 0 Å². The van der Waals surface area contributed by atoms with Crippen LogP contribution in [0.2, 0.25) is 0 Å². The minimum Gasteiger partial charge on any atom is -0.497 e. The lowest BCUT2D eigenvalue weighted by Gasteiger charge is -2.17. The van der Waals surface area contributed by atoms with E-state index >= 15 is 0 Å². The third kappa shape index (κ3) is 4.22. The smallest absolute Gasteiger partial charge is 0.265 e. The van der Waals surface area contributed by atoms with Crippen molar-refractivity contribution in [3.05, 3.63) is 54.3 Å². The molecule has 0 aliphatic heterocycles. The van der Waals surface area contributed by atoms with Gasteiger partial charge in [0.15, 0.2) is 6.10 Å². The van der Waals surface area contributed by atoms with Gasteiger partial charge in [-0.25, -0.2) is 4.39 Å². The van der Waals surface area contributed by atoms with Gasteiger partial charge < -0.3 is 14.8 Å². The van der Waals surface area contributed by atoms with Crippen LogP contribution in [0.4, 0.5) is 10.1 Å². The minimum absolute atomic E-state index is 0.273. The number of hydrogen-bond donors (Lipinski definition) is 1. The third-order valence-corrected chi connectivity index (χ3v) is 3.11. The number of carbonyl (C=O) groups is 1. The molecule has 116 valence electrons. The number of benzene rings is 2. The lowest BCUT2D eigenvalue weighted by Crippen LogP contribution is -2.32. The maximum absolute atomic E-state index is 12.9. The van der Waals surface area contributed by atoms with Crippen molar-refractivity contribution in [2.24, 2.45) is 0 Å². The second-order valence-corrected chi connectivity index (χ2v) is 4.69. The van der Waals surface area contributed by atoms with E-state index in [-0.39, 0.29) is 11.7 Å². The lowest BCUT2D eigenvalue weighted by molar-refractivity contribution is -0.122. The molecule has 0 heterocycles. The number of halogens is 1. The summed E-state index contributed by atoms with van der Waals surface area (Å²) in [6.07, 6.45) is -0.113. The SMILES string of the molecule is CC[C@H](Oc1ccc(OC)cc1)C(=O)Nc1ccc(F)cc1. The average molecular weight is 303 g/mol. The van der Waals surface area contributed by atoms with Crippen LogP contribution < -0.4 is 14.8 Å². The monoisotopic (exact) mass is 303 g/mol. The molecule has 0 bridgehead atoms. The van der Waals surface area contributed by atoms with Gasteiger partial charge in [0.25, 0.3) is 5.91 Å². The first kappa shape index (κ1) is 15.8. The number of ether oxygens (including phenoxy) is 2. The molecule has 4 nitrogen and oxygen atoms in total. The van der Waals surface area contributed by atoms with Gasteiger partial charge in [-0.3, -0.25) is 4.79 Å². The Morgan fingerprint density at radius 1 is 1.09 bits per heavy atom. The zero-order valence-electron chi connectivity index (χ0n) is 12.5. The van der Waals surface area contributed by atoms with Gasteiger partial charge in [0.05, 0.1) is 7.11 Å². The second kappa shape index (κ2) is 7.45. The van der Waals surface area contributed by atoms with Crippen LogP contribution in [0.3, 0.4) is 0 Å². The predicted octanol–water partition coefficient (Wildman–Crippen LogP) is 3.63. The molecule has 0 aliphatic carbocycles. The predicted molar refractivity (Wildman–Crippen MR) is 82.7 cm³/mol. The first-order chi connectivity index (χ1) is 10.6. The van der Waals surface area contributed by atoms with Crippen LogP contribution >= 0.6 is 0 Å². The molecule has 0 saturated carbocycles. The molecule has 1 amide bonds. The van der Waals surface area contributed by atoms with Gasteiger partial charge in [-0.1, -0.05) is 6.92 Å². The Kier molecular flexibility index (Phi) is 5.36. The maximum Gasteiger partial charge on any atom is 0.265 e. The number of amides is 1. The van der Waals surface area contributed by atoms with E-state index in [1.165, 1.54) is 24.3 Å². The normalized spacial score (nSPS) is 11.6. The minimum atomic E-state index is -0.626. The number of rotatable bonds is 6. The van der Waals surface area contributed by atoms with E-state index < -0.39 is 6.10 Å². The zero-order chi connectivity index (χ0) is 15.9. The highest BCUT2D eigenvalue weighted by molar-refractivity contribution is 5.94. The summed E-state index contributed by atoms with van der Waals surface area (Å²) in [7, 11) is 1.58. The molecule has 1 atom stereocenters. The Morgan fingerprint density at radius 2 is 1.68 bits per heavy atom. The van der Waals surface area contributed by atoms with E-state index in [1.807, 2.05) is 6.92 Å². The average Bonchev–Trinajstić information content (AvgIpc) is 2.55. The summed E-state index contributed by atoms with van der Waals surface area (Å²) in [5.74, 6) is 0.683. The van der Waals surface area contributed by atoms with Crippen LogP contribution in [0.25, 0.3) is 0 Å². The second-order valence-electron chi connectivity index (χ2n) is 4.69. The number of methoxy groups -OCH3 is 1. The Hall–Kier alpha value is -2.56. The molecule has 0 saturated heterocycles. The number of anilines is 1. The van der Waals surface area contributed by atoms with Crippen molar-refractivity contribution in [2.45, 2.75) is 19.4 Å². The zero-order valence-corrected chi connectivity index (χ0v) is 12.5. The molecule has 0 unspecified atom stereocenters. The fourth-order valence-electron chi connectivity index (χ4n) is 1.90. The Bertz CT molecular complexity index is 611.